The third-order valence-electron chi connectivity index (χ3n) is 0.577. The van der Waals surface area contributed by atoms with E-state index in [2.05, 4.69) is 25.7 Å². The fraction of sp³-hybridized carbons (Fsp3) is 0.333. The van der Waals surface area contributed by atoms with Gasteiger partial charge in [-0.3, -0.25) is 10.4 Å². The average Bonchev–Trinajstić information content (AvgIpc) is 2.41. The van der Waals surface area contributed by atoms with E-state index >= 15 is 0 Å². The SMILES string of the molecule is CN=C(N)N.N=C1N=NN=N1. The maximum Gasteiger partial charge on any atom is 0.284 e. The Morgan fingerprint density at radius 1 is 1.36 bits per heavy atom. The highest BCUT2D eigenvalue weighted by atomic mass is 15.6. The predicted octanol–water partition coefficient (Wildman–Crippen LogP) is -0.356. The van der Waals surface area contributed by atoms with Gasteiger partial charge >= 0.3 is 0 Å². The van der Waals surface area contributed by atoms with Crippen LogP contribution >= 0.6 is 0 Å². The first-order chi connectivity index (χ1) is 5.16. The first-order valence-corrected chi connectivity index (χ1v) is 2.55. The quantitative estimate of drug-likeness (QED) is 0.326. The first kappa shape index (κ1) is 9.14. The molecule has 1 aliphatic rings. The van der Waals surface area contributed by atoms with Gasteiger partial charge in [0.15, 0.2) is 5.96 Å². The number of hydrogen-bond acceptors (Lipinski definition) is 4. The fourth-order valence-corrected chi connectivity index (χ4v) is 0.145. The molecule has 0 saturated heterocycles. The van der Waals surface area contributed by atoms with E-state index in [1.165, 1.54) is 7.05 Å². The lowest BCUT2D eigenvalue weighted by molar-refractivity contribution is 1.06. The summed E-state index contributed by atoms with van der Waals surface area (Å²) in [5, 5.41) is 18.8. The minimum Gasteiger partial charge on any atom is -0.370 e. The number of nitrogens with two attached hydrogens (primary N) is 2. The summed E-state index contributed by atoms with van der Waals surface area (Å²) in [4.78, 5) is 3.36. The standard InChI is InChI=1S/C2H7N3.CHN5/c1-5-2(3)4;2-1-3-5-6-4-1/h1H3,(H4,3,4,5);2H. The minimum atomic E-state index is -0.130. The van der Waals surface area contributed by atoms with Crippen molar-refractivity contribution in [2.24, 2.45) is 37.1 Å². The molecule has 8 nitrogen and oxygen atoms in total. The van der Waals surface area contributed by atoms with E-state index in [9.17, 15) is 0 Å². The summed E-state index contributed by atoms with van der Waals surface area (Å²) in [6, 6.07) is 0. The smallest absolute Gasteiger partial charge is 0.284 e. The molecule has 0 radical (unpaired) electrons. The van der Waals surface area contributed by atoms with Gasteiger partial charge in [0, 0.05) is 7.05 Å². The van der Waals surface area contributed by atoms with Crippen LogP contribution in [-0.4, -0.2) is 19.0 Å². The third-order valence-corrected chi connectivity index (χ3v) is 0.577. The summed E-state index contributed by atoms with van der Waals surface area (Å²) in [5.41, 5.74) is 9.64. The van der Waals surface area contributed by atoms with Crippen LogP contribution in [0.5, 0.6) is 0 Å². The molecule has 1 rings (SSSR count). The molecule has 0 bridgehead atoms. The molecule has 0 unspecified atom stereocenters. The van der Waals surface area contributed by atoms with Gasteiger partial charge in [0.05, 0.1) is 0 Å². The van der Waals surface area contributed by atoms with E-state index in [1.54, 1.807) is 0 Å². The molecule has 0 fully saturated rings. The molecule has 11 heavy (non-hydrogen) atoms. The van der Waals surface area contributed by atoms with Crippen LogP contribution < -0.4 is 11.5 Å². The van der Waals surface area contributed by atoms with Crippen molar-refractivity contribution in [3.63, 3.8) is 0 Å². The Morgan fingerprint density at radius 2 is 1.73 bits per heavy atom. The first-order valence-electron chi connectivity index (χ1n) is 2.55. The molecule has 5 N–H and O–H groups in total. The third kappa shape index (κ3) is 6.02. The number of hydrogen-bond donors (Lipinski definition) is 3. The lowest BCUT2D eigenvalue weighted by Crippen LogP contribution is -2.21. The van der Waals surface area contributed by atoms with Crippen molar-refractivity contribution in [1.82, 2.24) is 0 Å². The molecule has 0 aromatic heterocycles. The van der Waals surface area contributed by atoms with Gasteiger partial charge < -0.3 is 11.5 Å². The lowest BCUT2D eigenvalue weighted by atomic mass is 11.1. The maximum absolute atomic E-state index is 6.53. The zero-order valence-electron chi connectivity index (χ0n) is 5.89. The van der Waals surface area contributed by atoms with Crippen molar-refractivity contribution in [1.29, 1.82) is 5.41 Å². The van der Waals surface area contributed by atoms with Crippen molar-refractivity contribution in [3.05, 3.63) is 0 Å². The molecule has 0 spiro atoms. The number of nitrogens with one attached hydrogen (secondary N) is 1. The monoisotopic (exact) mass is 156 g/mol. The average molecular weight is 156 g/mol. The van der Waals surface area contributed by atoms with Crippen LogP contribution in [0, 0.1) is 5.41 Å². The van der Waals surface area contributed by atoms with Gasteiger partial charge in [-0.15, -0.1) is 0 Å². The van der Waals surface area contributed by atoms with Crippen molar-refractivity contribution < 1.29 is 0 Å². The second kappa shape index (κ2) is 4.97. The largest absolute Gasteiger partial charge is 0.370 e. The van der Waals surface area contributed by atoms with Crippen molar-refractivity contribution >= 4 is 11.9 Å². The van der Waals surface area contributed by atoms with Crippen LogP contribution in [-0.2, 0) is 0 Å². The van der Waals surface area contributed by atoms with Crippen LogP contribution in [0.4, 0.5) is 0 Å². The van der Waals surface area contributed by atoms with Gasteiger partial charge in [0.25, 0.3) is 5.96 Å². The van der Waals surface area contributed by atoms with Gasteiger partial charge in [-0.1, -0.05) is 10.2 Å². The number of nitrogens with zero attached hydrogens (tertiary/aromatic N) is 5. The van der Waals surface area contributed by atoms with E-state index in [4.69, 9.17) is 16.9 Å². The molecule has 1 heterocycles. The van der Waals surface area contributed by atoms with E-state index in [1.807, 2.05) is 0 Å². The summed E-state index contributed by atoms with van der Waals surface area (Å²) in [7, 11) is 1.54. The van der Waals surface area contributed by atoms with E-state index in [0.717, 1.165) is 0 Å². The van der Waals surface area contributed by atoms with E-state index < -0.39 is 0 Å². The van der Waals surface area contributed by atoms with Crippen LogP contribution in [0.25, 0.3) is 0 Å². The molecular formula is C3H8N8. The zero-order valence-corrected chi connectivity index (χ0v) is 5.89. The van der Waals surface area contributed by atoms with E-state index in [-0.39, 0.29) is 11.9 Å². The Bertz CT molecular complexity index is 193. The fourth-order valence-electron chi connectivity index (χ4n) is 0.145. The van der Waals surface area contributed by atoms with Crippen LogP contribution in [0.15, 0.2) is 25.7 Å². The zero-order chi connectivity index (χ0) is 8.69. The Balaban J connectivity index is 0.000000187. The molecule has 1 aliphatic heterocycles. The second-order valence-electron chi connectivity index (χ2n) is 1.35. The number of aliphatic imine (C=N–C) groups is 1. The van der Waals surface area contributed by atoms with Gasteiger partial charge in [-0.2, -0.15) is 0 Å². The van der Waals surface area contributed by atoms with Crippen LogP contribution in [0.1, 0.15) is 0 Å². The predicted molar refractivity (Wildman–Crippen MR) is 39.2 cm³/mol. The molecule has 0 amide bonds. The van der Waals surface area contributed by atoms with Gasteiger partial charge in [0.2, 0.25) is 0 Å². The van der Waals surface area contributed by atoms with Crippen LogP contribution in [0.3, 0.4) is 0 Å². The van der Waals surface area contributed by atoms with Crippen molar-refractivity contribution in [2.45, 2.75) is 0 Å². The Morgan fingerprint density at radius 3 is 1.82 bits per heavy atom. The molecule has 0 saturated carbocycles. The Labute approximate surface area is 62.6 Å². The Hall–Kier alpha value is -1.86. The molecule has 60 valence electrons. The summed E-state index contributed by atoms with van der Waals surface area (Å²) < 4.78 is 0. The summed E-state index contributed by atoms with van der Waals surface area (Å²) in [5.74, 6) is 0.000000000000000666. The molecule has 0 aromatic carbocycles. The second-order valence-corrected chi connectivity index (χ2v) is 1.35. The summed E-state index contributed by atoms with van der Waals surface area (Å²) in [6.45, 7) is 0. The molecular weight excluding hydrogens is 148 g/mol. The lowest BCUT2D eigenvalue weighted by Gasteiger charge is -1.77. The normalized spacial score (nSPS) is 12.3. The maximum atomic E-state index is 6.53. The highest BCUT2D eigenvalue weighted by Gasteiger charge is 1.90. The Kier molecular flexibility index (Phi) is 4.13. The highest BCUT2D eigenvalue weighted by molar-refractivity contribution is 5.77. The highest BCUT2D eigenvalue weighted by Crippen LogP contribution is 1.92. The van der Waals surface area contributed by atoms with Crippen molar-refractivity contribution in [2.75, 3.05) is 7.05 Å². The topological polar surface area (TPSA) is 138 Å². The molecule has 0 aliphatic carbocycles. The van der Waals surface area contributed by atoms with Crippen LogP contribution in [0.2, 0.25) is 0 Å². The van der Waals surface area contributed by atoms with Gasteiger partial charge in [-0.05, 0) is 10.4 Å². The van der Waals surface area contributed by atoms with Crippen molar-refractivity contribution in [3.8, 4) is 0 Å². The molecule has 0 aromatic rings. The number of rotatable bonds is 0. The minimum absolute atomic E-state index is 0.130. The molecule has 8 heteroatoms. The van der Waals surface area contributed by atoms with Gasteiger partial charge in [-0.25, -0.2) is 0 Å². The summed E-state index contributed by atoms with van der Waals surface area (Å²) in [6.07, 6.45) is 0. The number of guanidine groups is 2. The van der Waals surface area contributed by atoms with Gasteiger partial charge in [0.1, 0.15) is 0 Å². The summed E-state index contributed by atoms with van der Waals surface area (Å²) >= 11 is 0. The molecule has 0 atom stereocenters. The van der Waals surface area contributed by atoms with E-state index in [0.29, 0.717) is 0 Å².